The Morgan fingerprint density at radius 1 is 1.21 bits per heavy atom. The summed E-state index contributed by atoms with van der Waals surface area (Å²) in [5.74, 6) is -3.44. The third-order valence-corrected chi connectivity index (χ3v) is 4.42. The molecule has 0 aliphatic carbocycles. The molecule has 1 aliphatic rings. The highest BCUT2D eigenvalue weighted by molar-refractivity contribution is 5.69. The van der Waals surface area contributed by atoms with Crippen molar-refractivity contribution in [3.63, 3.8) is 0 Å². The second kappa shape index (κ2) is 8.18. The monoisotopic (exact) mass is 416 g/mol. The average Bonchev–Trinajstić information content (AvgIpc) is 2.99. The first-order valence-corrected chi connectivity index (χ1v) is 8.65. The van der Waals surface area contributed by atoms with Crippen LogP contribution in [0.3, 0.4) is 0 Å². The van der Waals surface area contributed by atoms with E-state index in [9.17, 15) is 26.7 Å². The van der Waals surface area contributed by atoms with E-state index >= 15 is 0 Å². The first-order valence-electron chi connectivity index (χ1n) is 8.65. The van der Waals surface area contributed by atoms with Gasteiger partial charge in [0.1, 0.15) is 12.6 Å². The highest BCUT2D eigenvalue weighted by atomic mass is 19.4. The molecule has 3 rings (SSSR count). The molecule has 156 valence electrons. The van der Waals surface area contributed by atoms with Crippen molar-refractivity contribution in [2.45, 2.75) is 31.2 Å². The lowest BCUT2D eigenvalue weighted by Gasteiger charge is -2.27. The van der Waals surface area contributed by atoms with Crippen molar-refractivity contribution in [2.75, 3.05) is 18.4 Å². The summed E-state index contributed by atoms with van der Waals surface area (Å²) in [4.78, 5) is 20.1. The van der Waals surface area contributed by atoms with Gasteiger partial charge in [-0.15, -0.1) is 0 Å². The number of amides is 1. The third-order valence-electron chi connectivity index (χ3n) is 4.42. The van der Waals surface area contributed by atoms with Crippen molar-refractivity contribution in [1.29, 1.82) is 0 Å². The quantitative estimate of drug-likeness (QED) is 0.748. The molecule has 29 heavy (non-hydrogen) atoms. The predicted molar refractivity (Wildman–Crippen MR) is 92.2 cm³/mol. The zero-order valence-electron chi connectivity index (χ0n) is 15.0. The molecule has 1 atom stereocenters. The summed E-state index contributed by atoms with van der Waals surface area (Å²) in [6.45, 7) is -0.719. The van der Waals surface area contributed by atoms with Crippen LogP contribution < -0.4 is 5.32 Å². The minimum atomic E-state index is -4.60. The normalized spacial score (nSPS) is 18.5. The summed E-state index contributed by atoms with van der Waals surface area (Å²) in [5, 5.41) is 2.46. The van der Waals surface area contributed by atoms with E-state index in [0.29, 0.717) is 18.0 Å². The number of halogens is 5. The Labute approximate surface area is 162 Å². The first-order chi connectivity index (χ1) is 13.7. The maximum absolute atomic E-state index is 14.2. The number of hydrogen-bond acceptors (Lipinski definition) is 5. The number of ether oxygens (including phenoxy) is 1. The molecule has 1 unspecified atom stereocenters. The molecule has 0 saturated carbocycles. The number of anilines is 1. The average molecular weight is 416 g/mol. The van der Waals surface area contributed by atoms with Gasteiger partial charge in [0.2, 0.25) is 5.95 Å². The standard InChI is InChI=1S/C18H17F5N4O2/c19-17(20)6-7-27(16(28)29-11-12-4-2-1-3-5-12)14(17)10-26-15-24-8-13(9-25-15)18(21,22)23/h1-5,8-9,14H,6-7,10-11H2,(H,24,25,26). The van der Waals surface area contributed by atoms with Gasteiger partial charge in [0.05, 0.1) is 5.56 Å². The van der Waals surface area contributed by atoms with Crippen LogP contribution in [0.5, 0.6) is 0 Å². The van der Waals surface area contributed by atoms with Crippen LogP contribution in [0.1, 0.15) is 17.5 Å². The van der Waals surface area contributed by atoms with Gasteiger partial charge in [-0.25, -0.2) is 23.5 Å². The van der Waals surface area contributed by atoms with E-state index in [1.54, 1.807) is 30.3 Å². The molecule has 0 bridgehead atoms. The van der Waals surface area contributed by atoms with E-state index in [2.05, 4.69) is 15.3 Å². The van der Waals surface area contributed by atoms with Crippen molar-refractivity contribution in [3.8, 4) is 0 Å². The highest BCUT2D eigenvalue weighted by Gasteiger charge is 2.51. The number of aromatic nitrogens is 2. The Bertz CT molecular complexity index is 830. The van der Waals surface area contributed by atoms with Crippen molar-refractivity contribution in [3.05, 3.63) is 53.9 Å². The fraction of sp³-hybridized carbons (Fsp3) is 0.389. The molecule has 1 fully saturated rings. The molecule has 1 amide bonds. The second-order valence-electron chi connectivity index (χ2n) is 6.43. The molecule has 11 heteroatoms. The summed E-state index contributed by atoms with van der Waals surface area (Å²) in [7, 11) is 0. The topological polar surface area (TPSA) is 67.3 Å². The summed E-state index contributed by atoms with van der Waals surface area (Å²) in [6.07, 6.45) is -4.95. The summed E-state index contributed by atoms with van der Waals surface area (Å²) in [5.41, 5.74) is -0.347. The maximum Gasteiger partial charge on any atom is 0.419 e. The zero-order chi connectivity index (χ0) is 21.1. The number of likely N-dealkylation sites (tertiary alicyclic amines) is 1. The Kier molecular flexibility index (Phi) is 5.85. The Hall–Kier alpha value is -2.98. The number of alkyl halides is 5. The van der Waals surface area contributed by atoms with Crippen LogP contribution in [0.25, 0.3) is 0 Å². The van der Waals surface area contributed by atoms with Gasteiger partial charge in [0.15, 0.2) is 0 Å². The van der Waals surface area contributed by atoms with Crippen molar-refractivity contribution >= 4 is 12.0 Å². The number of benzene rings is 1. The number of carbonyl (C=O) groups excluding carboxylic acids is 1. The Balaban J connectivity index is 1.61. The molecule has 2 heterocycles. The van der Waals surface area contributed by atoms with Crippen molar-refractivity contribution in [2.24, 2.45) is 0 Å². The molecule has 1 N–H and O–H groups in total. The van der Waals surface area contributed by atoms with E-state index in [0.717, 1.165) is 4.90 Å². The molecular formula is C18H17F5N4O2. The lowest BCUT2D eigenvalue weighted by atomic mass is 10.1. The summed E-state index contributed by atoms with van der Waals surface area (Å²) < 4.78 is 71.2. The van der Waals surface area contributed by atoms with E-state index < -0.39 is 42.8 Å². The van der Waals surface area contributed by atoms with Crippen molar-refractivity contribution in [1.82, 2.24) is 14.9 Å². The van der Waals surface area contributed by atoms with Crippen molar-refractivity contribution < 1.29 is 31.5 Å². The van der Waals surface area contributed by atoms with Gasteiger partial charge < -0.3 is 10.1 Å². The summed E-state index contributed by atoms with van der Waals surface area (Å²) in [6, 6.07) is 7.21. The van der Waals surface area contributed by atoms with Crippen LogP contribution in [-0.4, -0.2) is 46.0 Å². The van der Waals surface area contributed by atoms with Gasteiger partial charge in [0.25, 0.3) is 5.92 Å². The maximum atomic E-state index is 14.2. The van der Waals surface area contributed by atoms with Gasteiger partial charge in [0, 0.05) is 31.9 Å². The SMILES string of the molecule is O=C(OCc1ccccc1)N1CCC(F)(F)C1CNc1ncc(C(F)(F)F)cn1. The van der Waals surface area contributed by atoms with Crippen LogP contribution in [0.2, 0.25) is 0 Å². The van der Waals surface area contributed by atoms with Crippen LogP contribution >= 0.6 is 0 Å². The van der Waals surface area contributed by atoms with Gasteiger partial charge >= 0.3 is 12.3 Å². The number of nitrogens with zero attached hydrogens (tertiary/aromatic N) is 3. The van der Waals surface area contributed by atoms with Gasteiger partial charge in [-0.1, -0.05) is 30.3 Å². The number of nitrogens with one attached hydrogen (secondary N) is 1. The molecule has 0 radical (unpaired) electrons. The molecule has 1 aromatic heterocycles. The molecule has 1 aromatic carbocycles. The first kappa shape index (κ1) is 20.7. The number of rotatable bonds is 5. The fourth-order valence-corrected chi connectivity index (χ4v) is 2.85. The van der Waals surface area contributed by atoms with Crippen LogP contribution in [0.15, 0.2) is 42.7 Å². The lowest BCUT2D eigenvalue weighted by Crippen LogP contribution is -2.47. The van der Waals surface area contributed by atoms with E-state index in [4.69, 9.17) is 4.74 Å². The minimum Gasteiger partial charge on any atom is -0.445 e. The van der Waals surface area contributed by atoms with Gasteiger partial charge in [-0.3, -0.25) is 4.90 Å². The fourth-order valence-electron chi connectivity index (χ4n) is 2.85. The minimum absolute atomic E-state index is 0.0656. The van der Waals surface area contributed by atoms with E-state index in [1.165, 1.54) is 0 Å². The van der Waals surface area contributed by atoms with Crippen LogP contribution in [0, 0.1) is 0 Å². The van der Waals surface area contributed by atoms with Crippen LogP contribution in [-0.2, 0) is 17.5 Å². The molecular weight excluding hydrogens is 399 g/mol. The van der Waals surface area contributed by atoms with Gasteiger partial charge in [-0.2, -0.15) is 13.2 Å². The Morgan fingerprint density at radius 2 is 1.86 bits per heavy atom. The lowest BCUT2D eigenvalue weighted by molar-refractivity contribution is -0.138. The predicted octanol–water partition coefficient (Wildman–Crippen LogP) is 3.95. The second-order valence-corrected chi connectivity index (χ2v) is 6.43. The van der Waals surface area contributed by atoms with E-state index in [-0.39, 0.29) is 19.1 Å². The zero-order valence-corrected chi connectivity index (χ0v) is 15.0. The Morgan fingerprint density at radius 3 is 2.48 bits per heavy atom. The largest absolute Gasteiger partial charge is 0.445 e. The molecule has 1 saturated heterocycles. The number of carbonyl (C=O) groups is 1. The molecule has 1 aliphatic heterocycles. The number of hydrogen-bond donors (Lipinski definition) is 1. The smallest absolute Gasteiger partial charge is 0.419 e. The molecule has 0 spiro atoms. The molecule has 2 aromatic rings. The molecule has 6 nitrogen and oxygen atoms in total. The highest BCUT2D eigenvalue weighted by Crippen LogP contribution is 2.34. The van der Waals surface area contributed by atoms with Crippen LogP contribution in [0.4, 0.5) is 32.7 Å². The van der Waals surface area contributed by atoms with E-state index in [1.807, 2.05) is 0 Å². The third kappa shape index (κ3) is 5.09. The van der Waals surface area contributed by atoms with Gasteiger partial charge in [-0.05, 0) is 5.56 Å². The summed E-state index contributed by atoms with van der Waals surface area (Å²) >= 11 is 0.